The van der Waals surface area contributed by atoms with Gasteiger partial charge in [-0.2, -0.15) is 13.2 Å². The Balaban J connectivity index is 2.48. The molecule has 0 bridgehead atoms. The van der Waals surface area contributed by atoms with E-state index in [1.165, 1.54) is 0 Å². The zero-order valence-electron chi connectivity index (χ0n) is 12.4. The van der Waals surface area contributed by atoms with Crippen LogP contribution in [0.25, 0.3) is 11.4 Å². The van der Waals surface area contributed by atoms with Crippen LogP contribution in [0.4, 0.5) is 13.2 Å². The molecule has 0 amide bonds. The lowest BCUT2D eigenvalue weighted by atomic mass is 10.2. The highest BCUT2D eigenvalue weighted by Crippen LogP contribution is 2.23. The van der Waals surface area contributed by atoms with E-state index in [2.05, 4.69) is 4.98 Å². The average Bonchev–Trinajstić information content (AvgIpc) is 2.79. The Morgan fingerprint density at radius 3 is 2.52 bits per heavy atom. The Morgan fingerprint density at radius 1 is 1.28 bits per heavy atom. The quantitative estimate of drug-likeness (QED) is 0.672. The number of nitrogens with one attached hydrogen (secondary N) is 1. The highest BCUT2D eigenvalue weighted by Gasteiger charge is 2.37. The molecule has 0 radical (unpaired) electrons. The largest absolute Gasteiger partial charge is 0.503 e. The molecule has 10 heteroatoms. The molecule has 25 heavy (non-hydrogen) atoms. The maximum absolute atomic E-state index is 13.0. The van der Waals surface area contributed by atoms with Crippen molar-refractivity contribution >= 4 is 23.0 Å². The Bertz CT molecular complexity index is 1120. The molecule has 3 aromatic rings. The summed E-state index contributed by atoms with van der Waals surface area (Å²) in [5, 5.41) is 16.2. The minimum atomic E-state index is -5.12. The number of halogens is 4. The Hall–Kier alpha value is -2.81. The third kappa shape index (κ3) is 2.98. The summed E-state index contributed by atoms with van der Waals surface area (Å²) in [7, 11) is 0. The molecule has 0 atom stereocenters. The predicted molar refractivity (Wildman–Crippen MR) is 83.2 cm³/mol. The molecule has 2 heterocycles. The number of hydrogen-bond donors (Lipinski definition) is 2. The summed E-state index contributed by atoms with van der Waals surface area (Å²) < 4.78 is 40.6. The molecule has 0 aliphatic carbocycles. The van der Waals surface area contributed by atoms with Gasteiger partial charge in [0.25, 0.3) is 5.56 Å². The number of hydrogen-bond acceptors (Lipinski definition) is 4. The van der Waals surface area contributed by atoms with Crippen molar-refractivity contribution in [2.24, 2.45) is 0 Å². The number of alkyl halides is 3. The van der Waals surface area contributed by atoms with Gasteiger partial charge in [-0.15, -0.1) is 0 Å². The number of benzene rings is 1. The predicted octanol–water partition coefficient (Wildman–Crippen LogP) is 1.62. The van der Waals surface area contributed by atoms with E-state index in [0.717, 1.165) is 10.6 Å². The van der Waals surface area contributed by atoms with Gasteiger partial charge in [0.05, 0.1) is 0 Å². The molecule has 0 saturated heterocycles. The monoisotopic (exact) mass is 370 g/mol. The van der Waals surface area contributed by atoms with Gasteiger partial charge in [0.1, 0.15) is 10.8 Å². The second kappa shape index (κ2) is 5.92. The number of nitrogens with zero attached hydrogens (tertiary/aromatic N) is 3. The van der Waals surface area contributed by atoms with Gasteiger partial charge in [-0.25, -0.2) is 9.38 Å². The first-order chi connectivity index (χ1) is 11.7. The van der Waals surface area contributed by atoms with E-state index in [-0.39, 0.29) is 17.3 Å². The summed E-state index contributed by atoms with van der Waals surface area (Å²) in [6.45, 7) is -0.137. The molecule has 2 aromatic heterocycles. The number of fused-ring (bicyclic) bond motifs is 1. The van der Waals surface area contributed by atoms with E-state index in [9.17, 15) is 23.1 Å². The lowest BCUT2D eigenvalue weighted by molar-refractivity contribution is -0.0901. The van der Waals surface area contributed by atoms with Crippen molar-refractivity contribution in [3.63, 3.8) is 0 Å². The molecule has 1 aromatic carbocycles. The maximum atomic E-state index is 13.0. The van der Waals surface area contributed by atoms with Gasteiger partial charge in [0, 0.05) is 12.6 Å². The molecule has 0 aliphatic heterocycles. The first kappa shape index (κ1) is 17.0. The standard InChI is InChI=1S/C15H10ClF3N4O2/c16-9-6-10-22(7-8-4-2-1-3-5-8)11(12(24)15(17,18)19)13(25)23(10)14(20)21-9/h1-6,20,24H,7H2/b12-11-,20-14?. The maximum Gasteiger partial charge on any atom is 0.451 e. The molecule has 3 rings (SSSR count). The number of rotatable bonds is 2. The summed E-state index contributed by atoms with van der Waals surface area (Å²) in [6.07, 6.45) is -5.12. The number of imidazole rings is 1. The number of aliphatic hydroxyl groups excluding tert-OH is 1. The third-order valence-corrected chi connectivity index (χ3v) is 3.72. The van der Waals surface area contributed by atoms with Gasteiger partial charge in [-0.3, -0.25) is 10.2 Å². The van der Waals surface area contributed by atoms with Crippen LogP contribution in [0.3, 0.4) is 0 Å². The molecule has 0 saturated carbocycles. The van der Waals surface area contributed by atoms with E-state index < -0.39 is 28.5 Å². The topological polar surface area (TPSA) is 83.4 Å². The summed E-state index contributed by atoms with van der Waals surface area (Å²) in [5.74, 6) is -2.03. The summed E-state index contributed by atoms with van der Waals surface area (Å²) in [6, 6.07) is 9.57. The van der Waals surface area contributed by atoms with Gasteiger partial charge in [-0.05, 0) is 5.56 Å². The van der Waals surface area contributed by atoms with Crippen LogP contribution in [-0.2, 0) is 6.54 Å². The first-order valence-electron chi connectivity index (χ1n) is 6.91. The van der Waals surface area contributed by atoms with Crippen LogP contribution in [0.1, 0.15) is 5.56 Å². The van der Waals surface area contributed by atoms with E-state index in [4.69, 9.17) is 17.0 Å². The summed E-state index contributed by atoms with van der Waals surface area (Å²) in [4.78, 5) is 16.0. The number of aromatic nitrogens is 3. The molecule has 0 aliphatic rings. The van der Waals surface area contributed by atoms with Crippen LogP contribution in [0.5, 0.6) is 0 Å². The molecule has 130 valence electrons. The minimum Gasteiger partial charge on any atom is -0.503 e. The Labute approximate surface area is 142 Å². The number of aliphatic hydroxyl groups is 1. The molecule has 2 N–H and O–H groups in total. The van der Waals surface area contributed by atoms with Crippen molar-refractivity contribution in [2.45, 2.75) is 12.7 Å². The van der Waals surface area contributed by atoms with E-state index in [0.29, 0.717) is 9.96 Å². The van der Waals surface area contributed by atoms with Crippen molar-refractivity contribution in [1.82, 2.24) is 14.0 Å². The van der Waals surface area contributed by atoms with E-state index in [1.807, 2.05) is 0 Å². The highest BCUT2D eigenvalue weighted by atomic mass is 35.5. The lowest BCUT2D eigenvalue weighted by Gasteiger charge is -2.08. The zero-order valence-corrected chi connectivity index (χ0v) is 13.1. The average molecular weight is 371 g/mol. The van der Waals surface area contributed by atoms with Crippen LogP contribution in [0.15, 0.2) is 41.2 Å². The second-order valence-electron chi connectivity index (χ2n) is 5.17. The molecule has 6 nitrogen and oxygen atoms in total. The zero-order chi connectivity index (χ0) is 18.4. The fourth-order valence-corrected chi connectivity index (χ4v) is 2.66. The first-order valence-corrected chi connectivity index (χ1v) is 7.28. The smallest absolute Gasteiger partial charge is 0.451 e. The molecule has 0 spiro atoms. The van der Waals surface area contributed by atoms with Crippen molar-refractivity contribution in [3.05, 3.63) is 68.4 Å². The lowest BCUT2D eigenvalue weighted by Crippen LogP contribution is -2.39. The fourth-order valence-electron chi connectivity index (χ4n) is 2.49. The Kier molecular flexibility index (Phi) is 4.03. The van der Waals surface area contributed by atoms with Crippen molar-refractivity contribution < 1.29 is 18.3 Å². The third-order valence-electron chi connectivity index (χ3n) is 3.53. The van der Waals surface area contributed by atoms with Gasteiger partial charge < -0.3 is 9.67 Å². The van der Waals surface area contributed by atoms with Crippen LogP contribution in [-0.4, -0.2) is 25.2 Å². The second-order valence-corrected chi connectivity index (χ2v) is 5.56. The van der Waals surface area contributed by atoms with Gasteiger partial charge in [-0.1, -0.05) is 41.9 Å². The van der Waals surface area contributed by atoms with Crippen molar-refractivity contribution in [3.8, 4) is 0 Å². The van der Waals surface area contributed by atoms with Gasteiger partial charge >= 0.3 is 6.18 Å². The molecular weight excluding hydrogens is 361 g/mol. The molecular formula is C15H10ClF3N4O2. The normalized spacial score (nSPS) is 13.3. The molecule has 0 fully saturated rings. The Morgan fingerprint density at radius 2 is 1.92 bits per heavy atom. The van der Waals surface area contributed by atoms with Crippen LogP contribution in [0.2, 0.25) is 5.15 Å². The highest BCUT2D eigenvalue weighted by molar-refractivity contribution is 6.29. The minimum absolute atomic E-state index is 0.0790. The van der Waals surface area contributed by atoms with Crippen LogP contribution >= 0.6 is 11.6 Å². The van der Waals surface area contributed by atoms with Crippen molar-refractivity contribution in [1.29, 1.82) is 5.41 Å². The van der Waals surface area contributed by atoms with Crippen molar-refractivity contribution in [2.75, 3.05) is 0 Å². The van der Waals surface area contributed by atoms with E-state index in [1.54, 1.807) is 30.3 Å². The van der Waals surface area contributed by atoms with Crippen LogP contribution in [0, 0.1) is 5.41 Å². The molecule has 0 unspecified atom stereocenters. The summed E-state index contributed by atoms with van der Waals surface area (Å²) in [5.41, 5.74) is -1.31. The SMILES string of the molecule is N=c1nc(Cl)cc2n(Cc3ccccc3)/c(=C(\O)C(F)(F)F)c(=O)n12. The van der Waals surface area contributed by atoms with Crippen LogP contribution < -0.4 is 16.5 Å². The fraction of sp³-hybridized carbons (Fsp3) is 0.133. The van der Waals surface area contributed by atoms with Gasteiger partial charge in [0.15, 0.2) is 5.35 Å². The van der Waals surface area contributed by atoms with E-state index >= 15 is 0 Å². The summed E-state index contributed by atoms with van der Waals surface area (Å²) >= 11 is 5.78. The van der Waals surface area contributed by atoms with Gasteiger partial charge in [0.2, 0.25) is 11.4 Å².